The van der Waals surface area contributed by atoms with Crippen molar-refractivity contribution in [2.75, 3.05) is 30.7 Å². The zero-order valence-corrected chi connectivity index (χ0v) is 19.6. The molecule has 1 N–H and O–H groups in total. The molecule has 0 bridgehead atoms. The summed E-state index contributed by atoms with van der Waals surface area (Å²) in [6.07, 6.45) is 1.63. The van der Waals surface area contributed by atoms with Crippen molar-refractivity contribution in [3.63, 3.8) is 0 Å². The molecule has 0 spiro atoms. The van der Waals surface area contributed by atoms with E-state index in [1.165, 1.54) is 11.9 Å². The Morgan fingerprint density at radius 3 is 2.26 bits per heavy atom. The molecule has 0 radical (unpaired) electrons. The summed E-state index contributed by atoms with van der Waals surface area (Å²) < 4.78 is 26.3. The molecule has 0 aliphatic rings. The molecule has 31 heavy (non-hydrogen) atoms. The molecule has 2 aromatic carbocycles. The van der Waals surface area contributed by atoms with Gasteiger partial charge in [0.05, 0.1) is 11.9 Å². The van der Waals surface area contributed by atoms with Crippen molar-refractivity contribution in [3.8, 4) is 0 Å². The molecule has 0 aliphatic carbocycles. The Labute approximate surface area is 185 Å². The van der Waals surface area contributed by atoms with E-state index in [-0.39, 0.29) is 12.5 Å². The Kier molecular flexibility index (Phi) is 8.21. The normalized spacial score (nSPS) is 12.2. The predicted octanol–water partition coefficient (Wildman–Crippen LogP) is 2.28. The van der Waals surface area contributed by atoms with Gasteiger partial charge in [-0.25, -0.2) is 8.42 Å². The SMILES string of the molecule is CNC(=O)[C@H](C)N(CCc1ccccc1)C(=O)CN(c1cccc(C)c1C)S(C)(=O)=O. The van der Waals surface area contributed by atoms with Gasteiger partial charge in [-0.1, -0.05) is 42.5 Å². The largest absolute Gasteiger partial charge is 0.357 e. The second-order valence-corrected chi connectivity index (χ2v) is 9.51. The van der Waals surface area contributed by atoms with Crippen molar-refractivity contribution in [1.29, 1.82) is 0 Å². The summed E-state index contributed by atoms with van der Waals surface area (Å²) in [6.45, 7) is 5.28. The van der Waals surface area contributed by atoms with Gasteiger partial charge in [0.1, 0.15) is 12.6 Å². The van der Waals surface area contributed by atoms with Gasteiger partial charge in [-0.05, 0) is 49.9 Å². The number of likely N-dealkylation sites (N-methyl/N-ethyl adjacent to an activating group) is 1. The summed E-state index contributed by atoms with van der Waals surface area (Å²) in [5, 5.41) is 2.57. The fourth-order valence-electron chi connectivity index (χ4n) is 3.38. The maximum atomic E-state index is 13.3. The predicted molar refractivity (Wildman–Crippen MR) is 123 cm³/mol. The smallest absolute Gasteiger partial charge is 0.244 e. The first kappa shape index (κ1) is 24.4. The van der Waals surface area contributed by atoms with Crippen LogP contribution in [0.4, 0.5) is 5.69 Å². The number of benzene rings is 2. The summed E-state index contributed by atoms with van der Waals surface area (Å²) in [7, 11) is -2.21. The highest BCUT2D eigenvalue weighted by Crippen LogP contribution is 2.25. The maximum Gasteiger partial charge on any atom is 0.244 e. The van der Waals surface area contributed by atoms with E-state index in [1.54, 1.807) is 19.1 Å². The van der Waals surface area contributed by atoms with Crippen molar-refractivity contribution < 1.29 is 18.0 Å². The molecule has 8 heteroatoms. The number of carbonyl (C=O) groups excluding carboxylic acids is 2. The summed E-state index contributed by atoms with van der Waals surface area (Å²) in [5.74, 6) is -0.739. The number of carbonyl (C=O) groups is 2. The Balaban J connectivity index is 2.34. The van der Waals surface area contributed by atoms with Crippen LogP contribution >= 0.6 is 0 Å². The lowest BCUT2D eigenvalue weighted by atomic mass is 10.1. The van der Waals surface area contributed by atoms with E-state index < -0.39 is 22.0 Å². The summed E-state index contributed by atoms with van der Waals surface area (Å²) >= 11 is 0. The zero-order valence-electron chi connectivity index (χ0n) is 18.8. The van der Waals surface area contributed by atoms with Crippen molar-refractivity contribution in [2.45, 2.75) is 33.2 Å². The molecular formula is C23H31N3O4S. The Morgan fingerprint density at radius 1 is 1.03 bits per heavy atom. The van der Waals surface area contributed by atoms with Gasteiger partial charge in [0.15, 0.2) is 0 Å². The van der Waals surface area contributed by atoms with Crippen LogP contribution in [-0.2, 0) is 26.0 Å². The van der Waals surface area contributed by atoms with E-state index >= 15 is 0 Å². The molecule has 0 fully saturated rings. The van der Waals surface area contributed by atoms with E-state index in [0.29, 0.717) is 18.7 Å². The second kappa shape index (κ2) is 10.4. The Morgan fingerprint density at radius 2 is 1.68 bits per heavy atom. The van der Waals surface area contributed by atoms with Crippen LogP contribution in [0.5, 0.6) is 0 Å². The van der Waals surface area contributed by atoms with Gasteiger partial charge < -0.3 is 10.2 Å². The van der Waals surface area contributed by atoms with Gasteiger partial charge in [0.25, 0.3) is 0 Å². The first-order chi connectivity index (χ1) is 14.6. The quantitative estimate of drug-likeness (QED) is 0.642. The zero-order chi connectivity index (χ0) is 23.2. The number of hydrogen-bond acceptors (Lipinski definition) is 4. The van der Waals surface area contributed by atoms with Crippen LogP contribution in [0.3, 0.4) is 0 Å². The molecule has 2 rings (SSSR count). The molecule has 0 aromatic heterocycles. The van der Waals surface area contributed by atoms with Gasteiger partial charge in [-0.3, -0.25) is 13.9 Å². The highest BCUT2D eigenvalue weighted by Gasteiger charge is 2.30. The fraction of sp³-hybridized carbons (Fsp3) is 0.391. The number of hydrogen-bond donors (Lipinski definition) is 1. The van der Waals surface area contributed by atoms with E-state index in [9.17, 15) is 18.0 Å². The molecule has 0 unspecified atom stereocenters. The molecule has 2 amide bonds. The highest BCUT2D eigenvalue weighted by atomic mass is 32.2. The van der Waals surface area contributed by atoms with E-state index in [2.05, 4.69) is 5.32 Å². The Hall–Kier alpha value is -2.87. The molecule has 2 aromatic rings. The summed E-state index contributed by atoms with van der Waals surface area (Å²) in [5.41, 5.74) is 3.21. The summed E-state index contributed by atoms with van der Waals surface area (Å²) in [6, 6.07) is 14.2. The van der Waals surface area contributed by atoms with Gasteiger partial charge in [0.2, 0.25) is 21.8 Å². The Bertz CT molecular complexity index is 1020. The van der Waals surface area contributed by atoms with Gasteiger partial charge in [-0.2, -0.15) is 0 Å². The van der Waals surface area contributed by atoms with Crippen molar-refractivity contribution in [3.05, 3.63) is 65.2 Å². The number of rotatable bonds is 9. The third-order valence-corrected chi connectivity index (χ3v) is 6.55. The second-order valence-electron chi connectivity index (χ2n) is 7.60. The number of nitrogens with zero attached hydrogens (tertiary/aromatic N) is 2. The highest BCUT2D eigenvalue weighted by molar-refractivity contribution is 7.92. The van der Waals surface area contributed by atoms with Crippen LogP contribution < -0.4 is 9.62 Å². The number of sulfonamides is 1. The van der Waals surface area contributed by atoms with Gasteiger partial charge in [-0.15, -0.1) is 0 Å². The monoisotopic (exact) mass is 445 g/mol. The van der Waals surface area contributed by atoms with E-state index in [4.69, 9.17) is 0 Å². The standard InChI is InChI=1S/C23H31N3O4S/c1-17-10-9-13-21(18(17)2)26(31(5,29)30)16-22(27)25(19(3)23(28)24-4)15-14-20-11-7-6-8-12-20/h6-13,19H,14-16H2,1-5H3,(H,24,28)/t19-/m0/s1. The number of nitrogens with one attached hydrogen (secondary N) is 1. The molecule has 0 saturated carbocycles. The average Bonchev–Trinajstić information content (AvgIpc) is 2.73. The molecular weight excluding hydrogens is 414 g/mol. The number of amides is 2. The average molecular weight is 446 g/mol. The lowest BCUT2D eigenvalue weighted by molar-refractivity contribution is -0.138. The van der Waals surface area contributed by atoms with Crippen LogP contribution in [0.25, 0.3) is 0 Å². The van der Waals surface area contributed by atoms with Crippen molar-refractivity contribution in [2.24, 2.45) is 0 Å². The van der Waals surface area contributed by atoms with E-state index in [0.717, 1.165) is 27.3 Å². The van der Waals surface area contributed by atoms with Crippen LogP contribution in [0, 0.1) is 13.8 Å². The maximum absolute atomic E-state index is 13.3. The fourth-order valence-corrected chi connectivity index (χ4v) is 4.28. The molecule has 1 atom stereocenters. The number of aryl methyl sites for hydroxylation is 1. The molecule has 0 saturated heterocycles. The van der Waals surface area contributed by atoms with Gasteiger partial charge in [0, 0.05) is 13.6 Å². The van der Waals surface area contributed by atoms with Crippen LogP contribution in [0.1, 0.15) is 23.6 Å². The lowest BCUT2D eigenvalue weighted by Crippen LogP contribution is -2.51. The van der Waals surface area contributed by atoms with Crippen molar-refractivity contribution in [1.82, 2.24) is 10.2 Å². The van der Waals surface area contributed by atoms with Crippen LogP contribution in [-0.4, -0.2) is 57.6 Å². The van der Waals surface area contributed by atoms with Crippen LogP contribution in [0.15, 0.2) is 48.5 Å². The third kappa shape index (κ3) is 6.30. The third-order valence-electron chi connectivity index (χ3n) is 5.42. The van der Waals surface area contributed by atoms with Crippen molar-refractivity contribution >= 4 is 27.5 Å². The first-order valence-electron chi connectivity index (χ1n) is 10.1. The lowest BCUT2D eigenvalue weighted by Gasteiger charge is -2.31. The molecule has 168 valence electrons. The van der Waals surface area contributed by atoms with Crippen LogP contribution in [0.2, 0.25) is 0 Å². The summed E-state index contributed by atoms with van der Waals surface area (Å²) in [4.78, 5) is 27.0. The van der Waals surface area contributed by atoms with E-state index in [1.807, 2.05) is 50.2 Å². The molecule has 0 heterocycles. The first-order valence-corrected chi connectivity index (χ1v) is 12.0. The molecule has 7 nitrogen and oxygen atoms in total. The minimum atomic E-state index is -3.72. The number of anilines is 1. The minimum absolute atomic E-state index is 0.293. The topological polar surface area (TPSA) is 86.8 Å². The molecule has 0 aliphatic heterocycles. The van der Waals surface area contributed by atoms with Gasteiger partial charge >= 0.3 is 0 Å². The minimum Gasteiger partial charge on any atom is -0.357 e.